The van der Waals surface area contributed by atoms with Crippen LogP contribution < -0.4 is 4.90 Å². The quantitative estimate of drug-likeness (QED) is 0.277. The largest absolute Gasteiger partial charge is 0.466 e. The molecular formula is C28H38N4O3S. The van der Waals surface area contributed by atoms with E-state index in [1.54, 1.807) is 16.7 Å². The molecule has 0 saturated carbocycles. The molecule has 0 bridgehead atoms. The molecule has 0 unspecified atom stereocenters. The normalized spacial score (nSPS) is 20.3. The summed E-state index contributed by atoms with van der Waals surface area (Å²) >= 11 is 1.61. The lowest BCUT2D eigenvalue weighted by atomic mass is 9.97. The number of nitrogens with zero attached hydrogens (tertiary/aromatic N) is 4. The second-order valence-electron chi connectivity index (χ2n) is 9.72. The minimum absolute atomic E-state index is 0.0264. The van der Waals surface area contributed by atoms with Crippen LogP contribution in [0.25, 0.3) is 0 Å². The fourth-order valence-electron chi connectivity index (χ4n) is 5.03. The first kappa shape index (κ1) is 26.5. The summed E-state index contributed by atoms with van der Waals surface area (Å²) in [5.41, 5.74) is 2.78. The van der Waals surface area contributed by atoms with E-state index in [1.165, 1.54) is 19.3 Å². The molecule has 0 radical (unpaired) electrons. The van der Waals surface area contributed by atoms with Crippen LogP contribution in [0.2, 0.25) is 0 Å². The number of rotatable bonds is 8. The van der Waals surface area contributed by atoms with Crippen LogP contribution >= 0.6 is 11.8 Å². The Morgan fingerprint density at radius 1 is 1.08 bits per heavy atom. The third-order valence-electron chi connectivity index (χ3n) is 7.08. The van der Waals surface area contributed by atoms with Crippen molar-refractivity contribution in [1.82, 2.24) is 14.9 Å². The summed E-state index contributed by atoms with van der Waals surface area (Å²) in [7, 11) is 0. The highest BCUT2D eigenvalue weighted by molar-refractivity contribution is 7.98. The zero-order chi connectivity index (χ0) is 25.5. The number of hydrogen-bond acceptors (Lipinski definition) is 7. The number of aryl methyl sites for hydroxylation is 1. The van der Waals surface area contributed by atoms with Crippen molar-refractivity contribution >= 4 is 29.5 Å². The number of carbonyl (C=O) groups is 2. The SMILES string of the molecule is CCOC(=O)[C@H]1CCCN(C(=O)c2cccc(CSc3nc(CC)cc(N4CCCC[C@H]4C)n3)c2)C1. The Bertz CT molecular complexity index is 1060. The maximum atomic E-state index is 13.2. The van der Waals surface area contributed by atoms with Crippen LogP contribution in [0.5, 0.6) is 0 Å². The van der Waals surface area contributed by atoms with E-state index >= 15 is 0 Å². The fourth-order valence-corrected chi connectivity index (χ4v) is 5.84. The van der Waals surface area contributed by atoms with E-state index in [4.69, 9.17) is 14.7 Å². The third-order valence-corrected chi connectivity index (χ3v) is 7.99. The maximum absolute atomic E-state index is 13.2. The molecule has 2 saturated heterocycles. The number of anilines is 1. The monoisotopic (exact) mass is 510 g/mol. The summed E-state index contributed by atoms with van der Waals surface area (Å²) in [6.45, 7) is 8.72. The van der Waals surface area contributed by atoms with E-state index in [0.717, 1.165) is 48.0 Å². The molecule has 2 aromatic rings. The highest BCUT2D eigenvalue weighted by atomic mass is 32.2. The predicted octanol–water partition coefficient (Wildman–Crippen LogP) is 5.13. The van der Waals surface area contributed by atoms with Crippen LogP contribution in [0.1, 0.15) is 74.5 Å². The van der Waals surface area contributed by atoms with E-state index in [9.17, 15) is 9.59 Å². The van der Waals surface area contributed by atoms with Gasteiger partial charge in [0.25, 0.3) is 5.91 Å². The highest BCUT2D eigenvalue weighted by Crippen LogP contribution is 2.28. The predicted molar refractivity (Wildman–Crippen MR) is 143 cm³/mol. The Kier molecular flexibility index (Phi) is 9.24. The van der Waals surface area contributed by atoms with Gasteiger partial charge < -0.3 is 14.5 Å². The summed E-state index contributed by atoms with van der Waals surface area (Å²) < 4.78 is 5.18. The number of likely N-dealkylation sites (tertiary alicyclic amines) is 1. The van der Waals surface area contributed by atoms with Gasteiger partial charge in [0, 0.05) is 48.8 Å². The average Bonchev–Trinajstić information content (AvgIpc) is 2.92. The zero-order valence-electron chi connectivity index (χ0n) is 21.7. The number of piperidine rings is 2. The van der Waals surface area contributed by atoms with E-state index in [-0.39, 0.29) is 17.8 Å². The van der Waals surface area contributed by atoms with Gasteiger partial charge in [0.15, 0.2) is 5.16 Å². The maximum Gasteiger partial charge on any atom is 0.310 e. The number of carbonyl (C=O) groups excluding carboxylic acids is 2. The van der Waals surface area contributed by atoms with Crippen molar-refractivity contribution < 1.29 is 14.3 Å². The molecule has 1 amide bonds. The van der Waals surface area contributed by atoms with Crippen LogP contribution in [0, 0.1) is 5.92 Å². The molecule has 2 atom stereocenters. The molecule has 0 aliphatic carbocycles. The zero-order valence-corrected chi connectivity index (χ0v) is 22.6. The second-order valence-corrected chi connectivity index (χ2v) is 10.7. The smallest absolute Gasteiger partial charge is 0.310 e. The summed E-state index contributed by atoms with van der Waals surface area (Å²) in [6, 6.07) is 10.4. The van der Waals surface area contributed by atoms with Gasteiger partial charge in [-0.05, 0) is 70.1 Å². The van der Waals surface area contributed by atoms with E-state index in [2.05, 4.69) is 24.8 Å². The number of amides is 1. The van der Waals surface area contributed by atoms with Gasteiger partial charge >= 0.3 is 5.97 Å². The van der Waals surface area contributed by atoms with Gasteiger partial charge in [-0.15, -0.1) is 0 Å². The van der Waals surface area contributed by atoms with Gasteiger partial charge in [-0.3, -0.25) is 9.59 Å². The molecule has 0 spiro atoms. The molecule has 2 fully saturated rings. The van der Waals surface area contributed by atoms with E-state index in [0.29, 0.717) is 37.1 Å². The number of benzene rings is 1. The number of aromatic nitrogens is 2. The standard InChI is InChI=1S/C28H38N4O3S/c1-4-24-17-25(32-15-7-6-10-20(32)3)30-28(29-24)36-19-21-11-8-12-22(16-21)26(33)31-14-9-13-23(18-31)27(34)35-5-2/h8,11-12,16-17,20,23H,4-7,9-10,13-15,18-19H2,1-3H3/t20-,23+/m1/s1. The Balaban J connectivity index is 1.43. The highest BCUT2D eigenvalue weighted by Gasteiger charge is 2.30. The molecule has 1 aromatic heterocycles. The van der Waals surface area contributed by atoms with Gasteiger partial charge in [0.2, 0.25) is 0 Å². The molecule has 194 valence electrons. The lowest BCUT2D eigenvalue weighted by Gasteiger charge is -2.34. The first-order chi connectivity index (χ1) is 17.5. The molecule has 4 rings (SSSR count). The van der Waals surface area contributed by atoms with Crippen LogP contribution in [-0.2, 0) is 21.7 Å². The van der Waals surface area contributed by atoms with Crippen molar-refractivity contribution in [3.8, 4) is 0 Å². The Hall–Kier alpha value is -2.61. The van der Waals surface area contributed by atoms with Crippen LogP contribution in [0.3, 0.4) is 0 Å². The summed E-state index contributed by atoms with van der Waals surface area (Å²) in [5, 5.41) is 0.784. The van der Waals surface area contributed by atoms with Crippen molar-refractivity contribution in [2.45, 2.75) is 76.2 Å². The van der Waals surface area contributed by atoms with E-state index < -0.39 is 0 Å². The van der Waals surface area contributed by atoms with Crippen molar-refractivity contribution in [2.24, 2.45) is 5.92 Å². The second kappa shape index (κ2) is 12.6. The lowest BCUT2D eigenvalue weighted by Crippen LogP contribution is -2.42. The van der Waals surface area contributed by atoms with Crippen molar-refractivity contribution in [1.29, 1.82) is 0 Å². The molecule has 0 N–H and O–H groups in total. The van der Waals surface area contributed by atoms with Crippen LogP contribution in [0.15, 0.2) is 35.5 Å². The molecule has 7 nitrogen and oxygen atoms in total. The molecule has 36 heavy (non-hydrogen) atoms. The molecule has 8 heteroatoms. The first-order valence-electron chi connectivity index (χ1n) is 13.3. The van der Waals surface area contributed by atoms with Crippen molar-refractivity contribution in [3.63, 3.8) is 0 Å². The van der Waals surface area contributed by atoms with Crippen LogP contribution in [0.4, 0.5) is 5.82 Å². The Morgan fingerprint density at radius 2 is 1.94 bits per heavy atom. The number of hydrogen-bond donors (Lipinski definition) is 0. The minimum Gasteiger partial charge on any atom is -0.466 e. The Labute approximate surface area is 219 Å². The van der Waals surface area contributed by atoms with Crippen LogP contribution in [-0.4, -0.2) is 59.0 Å². The van der Waals surface area contributed by atoms with Gasteiger partial charge in [-0.25, -0.2) is 9.97 Å². The topological polar surface area (TPSA) is 75.6 Å². The first-order valence-corrected chi connectivity index (χ1v) is 14.3. The number of ether oxygens (including phenoxy) is 1. The summed E-state index contributed by atoms with van der Waals surface area (Å²) in [6.07, 6.45) is 6.14. The van der Waals surface area contributed by atoms with Crippen molar-refractivity contribution in [2.75, 3.05) is 31.1 Å². The molecule has 1 aromatic carbocycles. The molecule has 2 aliphatic heterocycles. The molecular weight excluding hydrogens is 472 g/mol. The number of esters is 1. The summed E-state index contributed by atoms with van der Waals surface area (Å²) in [4.78, 5) is 39.3. The minimum atomic E-state index is -0.235. The summed E-state index contributed by atoms with van der Waals surface area (Å²) in [5.74, 6) is 1.26. The average molecular weight is 511 g/mol. The number of thioether (sulfide) groups is 1. The van der Waals surface area contributed by atoms with Crippen molar-refractivity contribution in [3.05, 3.63) is 47.2 Å². The Morgan fingerprint density at radius 3 is 2.72 bits per heavy atom. The van der Waals surface area contributed by atoms with E-state index in [1.807, 2.05) is 31.2 Å². The van der Waals surface area contributed by atoms with Gasteiger partial charge in [0.1, 0.15) is 5.82 Å². The third kappa shape index (κ3) is 6.58. The molecule has 3 heterocycles. The molecule has 2 aliphatic rings. The van der Waals surface area contributed by atoms with Gasteiger partial charge in [-0.1, -0.05) is 30.8 Å². The van der Waals surface area contributed by atoms with Gasteiger partial charge in [-0.2, -0.15) is 0 Å². The fraction of sp³-hybridized carbons (Fsp3) is 0.571. The lowest BCUT2D eigenvalue weighted by molar-refractivity contribution is -0.149. The van der Waals surface area contributed by atoms with Gasteiger partial charge in [0.05, 0.1) is 12.5 Å².